The summed E-state index contributed by atoms with van der Waals surface area (Å²) in [5.41, 5.74) is 1.93. The summed E-state index contributed by atoms with van der Waals surface area (Å²) in [6.45, 7) is 5.57. The summed E-state index contributed by atoms with van der Waals surface area (Å²) in [4.78, 5) is 0. The first-order valence-electron chi connectivity index (χ1n) is 4.06. The van der Waals surface area contributed by atoms with Gasteiger partial charge in [0.15, 0.2) is 0 Å². The van der Waals surface area contributed by atoms with Gasteiger partial charge in [0, 0.05) is 7.05 Å². The molecule has 13 heavy (non-hydrogen) atoms. The van der Waals surface area contributed by atoms with Gasteiger partial charge in [-0.15, -0.1) is 0 Å². The highest BCUT2D eigenvalue weighted by molar-refractivity contribution is 5.58. The number of hydrogen-bond donors (Lipinski definition) is 0. The van der Waals surface area contributed by atoms with E-state index in [1.807, 2.05) is 26.1 Å². The first kappa shape index (κ1) is 9.58. The second kappa shape index (κ2) is 3.94. The molecule has 3 nitrogen and oxygen atoms in total. The predicted molar refractivity (Wildman–Crippen MR) is 53.1 cm³/mol. The second-order valence-corrected chi connectivity index (χ2v) is 2.77. The molecule has 0 amide bonds. The second-order valence-electron chi connectivity index (χ2n) is 2.77. The summed E-state index contributed by atoms with van der Waals surface area (Å²) in [5, 5.41) is 4.22. The molecule has 0 radical (unpaired) electrons. The van der Waals surface area contributed by atoms with Gasteiger partial charge in [-0.2, -0.15) is 5.10 Å². The first-order valence-corrected chi connectivity index (χ1v) is 4.06. The van der Waals surface area contributed by atoms with Crippen LogP contribution in [-0.2, 0) is 11.8 Å². The van der Waals surface area contributed by atoms with E-state index in [-0.39, 0.29) is 0 Å². The van der Waals surface area contributed by atoms with Crippen molar-refractivity contribution in [2.75, 3.05) is 7.11 Å². The number of aryl methyl sites for hydroxylation is 2. The van der Waals surface area contributed by atoms with Crippen LogP contribution in [0.2, 0.25) is 0 Å². The predicted octanol–water partition coefficient (Wildman–Crippen LogP) is 1.90. The Hall–Kier alpha value is -1.51. The van der Waals surface area contributed by atoms with E-state index in [0.29, 0.717) is 0 Å². The summed E-state index contributed by atoms with van der Waals surface area (Å²) < 4.78 is 6.99. The minimum Gasteiger partial charge on any atom is -0.495 e. The van der Waals surface area contributed by atoms with E-state index in [4.69, 9.17) is 4.74 Å². The maximum absolute atomic E-state index is 5.20. The number of rotatable bonds is 3. The quantitative estimate of drug-likeness (QED) is 0.522. The third-order valence-corrected chi connectivity index (χ3v) is 1.74. The van der Waals surface area contributed by atoms with Crippen molar-refractivity contribution in [1.82, 2.24) is 9.78 Å². The van der Waals surface area contributed by atoms with E-state index >= 15 is 0 Å². The van der Waals surface area contributed by atoms with Gasteiger partial charge in [-0.25, -0.2) is 0 Å². The van der Waals surface area contributed by atoms with Crippen LogP contribution in [0, 0.1) is 6.92 Å². The van der Waals surface area contributed by atoms with Gasteiger partial charge in [-0.3, -0.25) is 4.68 Å². The van der Waals surface area contributed by atoms with Gasteiger partial charge in [-0.05, 0) is 19.1 Å². The van der Waals surface area contributed by atoms with E-state index in [1.54, 1.807) is 17.9 Å². The zero-order chi connectivity index (χ0) is 9.84. The SMILES string of the molecule is C=C/C=C(\OC)c1cc(C)nn1C. The van der Waals surface area contributed by atoms with E-state index in [9.17, 15) is 0 Å². The molecule has 0 bridgehead atoms. The summed E-state index contributed by atoms with van der Waals surface area (Å²) in [6, 6.07) is 1.97. The Labute approximate surface area is 78.3 Å². The van der Waals surface area contributed by atoms with Crippen molar-refractivity contribution >= 4 is 5.76 Å². The Morgan fingerprint density at radius 1 is 1.69 bits per heavy atom. The monoisotopic (exact) mass is 178 g/mol. The fraction of sp³-hybridized carbons (Fsp3) is 0.300. The van der Waals surface area contributed by atoms with Crippen molar-refractivity contribution in [2.24, 2.45) is 7.05 Å². The van der Waals surface area contributed by atoms with Crippen molar-refractivity contribution in [3.63, 3.8) is 0 Å². The molecule has 0 saturated heterocycles. The summed E-state index contributed by atoms with van der Waals surface area (Å²) in [7, 11) is 3.52. The molecule has 0 saturated carbocycles. The van der Waals surface area contributed by atoms with Gasteiger partial charge >= 0.3 is 0 Å². The summed E-state index contributed by atoms with van der Waals surface area (Å²) in [6.07, 6.45) is 3.51. The van der Waals surface area contributed by atoms with Gasteiger partial charge in [-0.1, -0.05) is 12.7 Å². The molecule has 0 aliphatic carbocycles. The highest BCUT2D eigenvalue weighted by atomic mass is 16.5. The van der Waals surface area contributed by atoms with Gasteiger partial charge in [0.2, 0.25) is 0 Å². The molecular formula is C10H14N2O. The van der Waals surface area contributed by atoms with Crippen LogP contribution in [-0.4, -0.2) is 16.9 Å². The Bertz CT molecular complexity index is 337. The third kappa shape index (κ3) is 1.99. The number of methoxy groups -OCH3 is 1. The normalized spacial score (nSPS) is 11.5. The number of nitrogens with zero attached hydrogens (tertiary/aromatic N) is 2. The average Bonchev–Trinajstić information content (AvgIpc) is 2.41. The smallest absolute Gasteiger partial charge is 0.144 e. The maximum Gasteiger partial charge on any atom is 0.144 e. The van der Waals surface area contributed by atoms with Gasteiger partial charge in [0.25, 0.3) is 0 Å². The first-order chi connectivity index (χ1) is 6.19. The Morgan fingerprint density at radius 3 is 2.77 bits per heavy atom. The minimum absolute atomic E-state index is 0.776. The summed E-state index contributed by atoms with van der Waals surface area (Å²) >= 11 is 0. The molecule has 0 unspecified atom stereocenters. The van der Waals surface area contributed by atoms with Crippen molar-refractivity contribution in [1.29, 1.82) is 0 Å². The molecule has 1 rings (SSSR count). The van der Waals surface area contributed by atoms with Crippen molar-refractivity contribution in [3.05, 3.63) is 36.2 Å². The van der Waals surface area contributed by atoms with E-state index < -0.39 is 0 Å². The topological polar surface area (TPSA) is 27.1 Å². The fourth-order valence-corrected chi connectivity index (χ4v) is 1.21. The largest absolute Gasteiger partial charge is 0.495 e. The Kier molecular flexibility index (Phi) is 2.90. The van der Waals surface area contributed by atoms with Gasteiger partial charge in [0.1, 0.15) is 11.5 Å². The van der Waals surface area contributed by atoms with E-state index in [2.05, 4.69) is 11.7 Å². The van der Waals surface area contributed by atoms with Crippen LogP contribution in [0.4, 0.5) is 0 Å². The highest BCUT2D eigenvalue weighted by Crippen LogP contribution is 2.15. The zero-order valence-corrected chi connectivity index (χ0v) is 8.24. The fourth-order valence-electron chi connectivity index (χ4n) is 1.21. The molecule has 70 valence electrons. The van der Waals surface area contributed by atoms with Crippen molar-refractivity contribution in [3.8, 4) is 0 Å². The molecule has 0 aliphatic heterocycles. The zero-order valence-electron chi connectivity index (χ0n) is 8.24. The van der Waals surface area contributed by atoms with Crippen LogP contribution in [0.3, 0.4) is 0 Å². The average molecular weight is 178 g/mol. The van der Waals surface area contributed by atoms with Crippen LogP contribution in [0.1, 0.15) is 11.4 Å². The molecule has 1 aromatic heterocycles. The van der Waals surface area contributed by atoms with Crippen LogP contribution in [0.5, 0.6) is 0 Å². The Morgan fingerprint density at radius 2 is 2.38 bits per heavy atom. The standard InChI is InChI=1S/C10H14N2O/c1-5-6-10(13-4)9-7-8(2)11-12(9)3/h5-7H,1H2,2-4H3/b10-6-. The third-order valence-electron chi connectivity index (χ3n) is 1.74. The van der Waals surface area contributed by atoms with E-state index in [1.165, 1.54) is 0 Å². The van der Waals surface area contributed by atoms with Crippen LogP contribution in [0.25, 0.3) is 5.76 Å². The molecule has 0 fully saturated rings. The molecule has 3 heteroatoms. The van der Waals surface area contributed by atoms with Crippen LogP contribution >= 0.6 is 0 Å². The van der Waals surface area contributed by atoms with Gasteiger partial charge in [0.05, 0.1) is 12.8 Å². The lowest BCUT2D eigenvalue weighted by Gasteiger charge is -2.04. The lowest BCUT2D eigenvalue weighted by Crippen LogP contribution is -1.98. The molecule has 1 heterocycles. The summed E-state index contributed by atoms with van der Waals surface area (Å²) in [5.74, 6) is 0.776. The van der Waals surface area contributed by atoms with Crippen LogP contribution < -0.4 is 0 Å². The lowest BCUT2D eigenvalue weighted by molar-refractivity contribution is 0.365. The maximum atomic E-state index is 5.20. The molecule has 0 N–H and O–H groups in total. The lowest BCUT2D eigenvalue weighted by atomic mass is 10.3. The van der Waals surface area contributed by atoms with E-state index in [0.717, 1.165) is 17.1 Å². The van der Waals surface area contributed by atoms with Crippen molar-refractivity contribution < 1.29 is 4.74 Å². The molecule has 0 aliphatic rings. The number of hydrogen-bond acceptors (Lipinski definition) is 2. The molecule has 1 aromatic rings. The Balaban J connectivity index is 3.11. The highest BCUT2D eigenvalue weighted by Gasteiger charge is 2.06. The number of aromatic nitrogens is 2. The van der Waals surface area contributed by atoms with Crippen molar-refractivity contribution in [2.45, 2.75) is 6.92 Å². The van der Waals surface area contributed by atoms with Crippen LogP contribution in [0.15, 0.2) is 24.8 Å². The number of allylic oxidation sites excluding steroid dienone is 2. The number of ether oxygens (including phenoxy) is 1. The molecular weight excluding hydrogens is 164 g/mol. The molecule has 0 spiro atoms. The molecule has 0 atom stereocenters. The molecule has 0 aromatic carbocycles. The minimum atomic E-state index is 0.776. The van der Waals surface area contributed by atoms with Gasteiger partial charge < -0.3 is 4.74 Å².